The molecule has 5 nitrogen and oxygen atoms in total. The minimum atomic E-state index is -4.90. The fraction of sp³-hybridized carbons (Fsp3) is 0.462. The van der Waals surface area contributed by atoms with Crippen molar-refractivity contribution in [3.8, 4) is 0 Å². The number of hydrogen-bond acceptors (Lipinski definition) is 4. The van der Waals surface area contributed by atoms with Crippen molar-refractivity contribution in [2.75, 3.05) is 26.1 Å². The van der Waals surface area contributed by atoms with Gasteiger partial charge in [-0.05, 0) is 17.7 Å². The van der Waals surface area contributed by atoms with Gasteiger partial charge in [0.05, 0.1) is 0 Å². The molecule has 0 bridgehead atoms. The smallest absolute Gasteiger partial charge is 0.355 e. The van der Waals surface area contributed by atoms with E-state index < -0.39 is 18.4 Å². The van der Waals surface area contributed by atoms with E-state index in [1.165, 1.54) is 26.4 Å². The maximum Gasteiger partial charge on any atom is 0.471 e. The van der Waals surface area contributed by atoms with Crippen LogP contribution in [0.4, 0.5) is 18.9 Å². The SMILES string of the molecule is COC(CNCc1cccc(NC(=O)C(F)(F)F)c1)OC. The third kappa shape index (κ3) is 6.11. The van der Waals surface area contributed by atoms with E-state index in [1.807, 2.05) is 0 Å². The number of alkyl halides is 3. The van der Waals surface area contributed by atoms with Crippen LogP contribution < -0.4 is 10.6 Å². The van der Waals surface area contributed by atoms with Crippen LogP contribution in [0.5, 0.6) is 0 Å². The average Bonchev–Trinajstić information content (AvgIpc) is 2.43. The molecule has 1 rings (SSSR count). The van der Waals surface area contributed by atoms with Crippen LogP contribution >= 0.6 is 0 Å². The van der Waals surface area contributed by atoms with E-state index in [-0.39, 0.29) is 5.69 Å². The number of methoxy groups -OCH3 is 2. The largest absolute Gasteiger partial charge is 0.471 e. The molecule has 0 aliphatic carbocycles. The van der Waals surface area contributed by atoms with E-state index in [9.17, 15) is 18.0 Å². The number of ether oxygens (including phenoxy) is 2. The molecule has 0 aliphatic heterocycles. The Balaban J connectivity index is 2.55. The summed E-state index contributed by atoms with van der Waals surface area (Å²) in [6, 6.07) is 6.14. The number of nitrogens with one attached hydrogen (secondary N) is 2. The van der Waals surface area contributed by atoms with Gasteiger partial charge in [-0.25, -0.2) is 0 Å². The maximum atomic E-state index is 12.2. The third-order valence-corrected chi connectivity index (χ3v) is 2.61. The van der Waals surface area contributed by atoms with Gasteiger partial charge in [0.15, 0.2) is 6.29 Å². The van der Waals surface area contributed by atoms with E-state index in [2.05, 4.69) is 5.32 Å². The molecule has 0 atom stereocenters. The van der Waals surface area contributed by atoms with Crippen molar-refractivity contribution >= 4 is 11.6 Å². The molecule has 0 aliphatic rings. The maximum absolute atomic E-state index is 12.2. The van der Waals surface area contributed by atoms with Crippen molar-refractivity contribution in [1.82, 2.24) is 5.32 Å². The third-order valence-electron chi connectivity index (χ3n) is 2.61. The predicted octanol–water partition coefficient (Wildman–Crippen LogP) is 1.90. The second kappa shape index (κ2) is 7.96. The summed E-state index contributed by atoms with van der Waals surface area (Å²) in [5.41, 5.74) is 0.813. The molecule has 21 heavy (non-hydrogen) atoms. The van der Waals surface area contributed by atoms with Gasteiger partial charge in [0.1, 0.15) is 0 Å². The number of rotatable bonds is 7. The Morgan fingerprint density at radius 1 is 1.29 bits per heavy atom. The summed E-state index contributed by atoms with van der Waals surface area (Å²) in [6.45, 7) is 0.824. The molecule has 0 saturated carbocycles. The van der Waals surface area contributed by atoms with Gasteiger partial charge in [-0.3, -0.25) is 4.79 Å². The molecule has 118 valence electrons. The highest BCUT2D eigenvalue weighted by Crippen LogP contribution is 2.18. The minimum absolute atomic E-state index is 0.0895. The summed E-state index contributed by atoms with van der Waals surface area (Å²) in [6.07, 6.45) is -5.31. The lowest BCUT2D eigenvalue weighted by Gasteiger charge is -2.14. The molecule has 0 unspecified atom stereocenters. The summed E-state index contributed by atoms with van der Waals surface area (Å²) in [7, 11) is 3.01. The molecule has 8 heteroatoms. The molecule has 0 fully saturated rings. The second-order valence-corrected chi connectivity index (χ2v) is 4.18. The zero-order chi connectivity index (χ0) is 15.9. The summed E-state index contributed by atoms with van der Waals surface area (Å²) < 4.78 is 46.4. The van der Waals surface area contributed by atoms with Crippen LogP contribution in [0, 0.1) is 0 Å². The van der Waals surface area contributed by atoms with Crippen molar-refractivity contribution in [3.05, 3.63) is 29.8 Å². The van der Waals surface area contributed by atoms with Gasteiger partial charge in [0.2, 0.25) is 0 Å². The molecule has 1 amide bonds. The number of benzene rings is 1. The van der Waals surface area contributed by atoms with E-state index in [0.717, 1.165) is 5.56 Å². The highest BCUT2D eigenvalue weighted by atomic mass is 19.4. The van der Waals surface area contributed by atoms with Gasteiger partial charge < -0.3 is 20.1 Å². The molecule has 0 spiro atoms. The van der Waals surface area contributed by atoms with Crippen LogP contribution in [0.3, 0.4) is 0 Å². The van der Waals surface area contributed by atoms with Crippen LogP contribution in [-0.2, 0) is 20.8 Å². The first-order chi connectivity index (χ1) is 9.86. The van der Waals surface area contributed by atoms with Gasteiger partial charge in [0, 0.05) is 33.0 Å². The summed E-state index contributed by atoms with van der Waals surface area (Å²) in [4.78, 5) is 10.8. The number of carbonyl (C=O) groups is 1. The van der Waals surface area contributed by atoms with Crippen LogP contribution in [0.1, 0.15) is 5.56 Å². The molecular weight excluding hydrogens is 289 g/mol. The number of amides is 1. The summed E-state index contributed by atoms with van der Waals surface area (Å²) >= 11 is 0. The van der Waals surface area contributed by atoms with Crippen molar-refractivity contribution in [2.24, 2.45) is 0 Å². The van der Waals surface area contributed by atoms with Gasteiger partial charge in [-0.2, -0.15) is 13.2 Å². The fourth-order valence-corrected chi connectivity index (χ4v) is 1.56. The molecule has 0 saturated heterocycles. The van der Waals surface area contributed by atoms with Crippen molar-refractivity contribution < 1.29 is 27.4 Å². The van der Waals surface area contributed by atoms with Crippen LogP contribution in [0.2, 0.25) is 0 Å². The Kier molecular flexibility index (Phi) is 6.60. The van der Waals surface area contributed by atoms with Crippen molar-refractivity contribution in [3.63, 3.8) is 0 Å². The molecular formula is C13H17F3N2O3. The summed E-state index contributed by atoms with van der Waals surface area (Å²) in [5.74, 6) is -1.99. The first kappa shape index (κ1) is 17.4. The fourth-order valence-electron chi connectivity index (χ4n) is 1.56. The van der Waals surface area contributed by atoms with E-state index >= 15 is 0 Å². The zero-order valence-electron chi connectivity index (χ0n) is 11.7. The monoisotopic (exact) mass is 306 g/mol. The molecule has 1 aromatic carbocycles. The Morgan fingerprint density at radius 2 is 1.95 bits per heavy atom. The molecule has 0 radical (unpaired) electrons. The van der Waals surface area contributed by atoms with E-state index in [1.54, 1.807) is 17.4 Å². The van der Waals surface area contributed by atoms with Crippen molar-refractivity contribution in [1.29, 1.82) is 0 Å². The molecule has 2 N–H and O–H groups in total. The Labute approximate surface area is 120 Å². The standard InChI is InChI=1S/C13H17F3N2O3/c1-20-11(21-2)8-17-7-9-4-3-5-10(6-9)18-12(19)13(14,15)16/h3-6,11,17H,7-8H2,1-2H3,(H,18,19). The molecule has 0 aromatic heterocycles. The minimum Gasteiger partial charge on any atom is -0.355 e. The summed E-state index contributed by atoms with van der Waals surface area (Å²) in [5, 5.41) is 4.83. The lowest BCUT2D eigenvalue weighted by Crippen LogP contribution is -2.30. The Bertz CT molecular complexity index is 462. The number of anilines is 1. The zero-order valence-corrected chi connectivity index (χ0v) is 11.7. The predicted molar refractivity (Wildman–Crippen MR) is 70.6 cm³/mol. The average molecular weight is 306 g/mol. The van der Waals surface area contributed by atoms with E-state index in [0.29, 0.717) is 13.1 Å². The van der Waals surface area contributed by atoms with Gasteiger partial charge in [-0.1, -0.05) is 12.1 Å². The second-order valence-electron chi connectivity index (χ2n) is 4.18. The van der Waals surface area contributed by atoms with Gasteiger partial charge >= 0.3 is 12.1 Å². The highest BCUT2D eigenvalue weighted by Gasteiger charge is 2.38. The number of carbonyl (C=O) groups excluding carboxylic acids is 1. The number of hydrogen-bond donors (Lipinski definition) is 2. The topological polar surface area (TPSA) is 59.6 Å². The van der Waals surface area contributed by atoms with Crippen molar-refractivity contribution in [2.45, 2.75) is 19.0 Å². The quantitative estimate of drug-likeness (QED) is 0.755. The lowest BCUT2D eigenvalue weighted by molar-refractivity contribution is -0.167. The van der Waals surface area contributed by atoms with Crippen LogP contribution in [0.25, 0.3) is 0 Å². The van der Waals surface area contributed by atoms with Crippen LogP contribution in [0.15, 0.2) is 24.3 Å². The first-order valence-electron chi connectivity index (χ1n) is 6.10. The Hall–Kier alpha value is -1.64. The normalized spacial score (nSPS) is 11.7. The number of halogens is 3. The van der Waals surface area contributed by atoms with Gasteiger partial charge in [-0.15, -0.1) is 0 Å². The highest BCUT2D eigenvalue weighted by molar-refractivity contribution is 5.94. The van der Waals surface area contributed by atoms with Crippen LogP contribution in [-0.4, -0.2) is 39.1 Å². The van der Waals surface area contributed by atoms with Gasteiger partial charge in [0.25, 0.3) is 0 Å². The molecule has 0 heterocycles. The lowest BCUT2D eigenvalue weighted by atomic mass is 10.2. The molecule has 1 aromatic rings. The first-order valence-corrected chi connectivity index (χ1v) is 6.10. The Morgan fingerprint density at radius 3 is 2.52 bits per heavy atom. The van der Waals surface area contributed by atoms with E-state index in [4.69, 9.17) is 9.47 Å².